The number of carbonyl (C=O) groups excluding carboxylic acids is 2. The fourth-order valence-corrected chi connectivity index (χ4v) is 1.50. The fraction of sp³-hybridized carbons (Fsp3) is 0.385. The summed E-state index contributed by atoms with van der Waals surface area (Å²) in [7, 11) is 1.40. The molecule has 0 heterocycles. The Kier molecular flexibility index (Phi) is 5.30. The van der Waals surface area contributed by atoms with E-state index in [0.29, 0.717) is 13.0 Å². The third-order valence-corrected chi connectivity index (χ3v) is 2.36. The molecule has 5 heteroatoms. The molecule has 1 N–H and O–H groups in total. The number of hydrogen-bond acceptors (Lipinski definition) is 3. The lowest BCUT2D eigenvalue weighted by atomic mass is 10.1. The number of amides is 1. The Hall–Kier alpha value is -1.91. The molecule has 1 aromatic carbocycles. The van der Waals surface area contributed by atoms with Crippen LogP contribution in [0.2, 0.25) is 0 Å². The molecule has 98 valence electrons. The number of halogens is 1. The molecule has 0 unspecified atom stereocenters. The van der Waals surface area contributed by atoms with Crippen LogP contribution in [0.25, 0.3) is 0 Å². The molecule has 1 aromatic rings. The number of benzene rings is 1. The van der Waals surface area contributed by atoms with Crippen molar-refractivity contribution in [2.24, 2.45) is 0 Å². The maximum atomic E-state index is 13.4. The van der Waals surface area contributed by atoms with Crippen molar-refractivity contribution < 1.29 is 18.7 Å². The topological polar surface area (TPSA) is 55.4 Å². The Balaban J connectivity index is 2.42. The van der Waals surface area contributed by atoms with E-state index in [1.54, 1.807) is 12.1 Å². The van der Waals surface area contributed by atoms with Crippen molar-refractivity contribution in [3.63, 3.8) is 0 Å². The van der Waals surface area contributed by atoms with Crippen molar-refractivity contribution in [1.82, 2.24) is 5.32 Å². The molecule has 1 rings (SSSR count). The van der Waals surface area contributed by atoms with Crippen molar-refractivity contribution >= 4 is 11.7 Å². The molecule has 0 aliphatic carbocycles. The first-order valence-electron chi connectivity index (χ1n) is 5.61. The molecule has 0 atom stereocenters. The number of Topliss-reactive ketones (excluding diaryl/α,β-unsaturated/α-hetero) is 1. The molecule has 0 bridgehead atoms. The van der Waals surface area contributed by atoms with Crippen LogP contribution >= 0.6 is 0 Å². The zero-order valence-corrected chi connectivity index (χ0v) is 10.5. The number of nitrogens with one attached hydrogen (secondary N) is 1. The van der Waals surface area contributed by atoms with Crippen LogP contribution in [0.5, 0.6) is 5.75 Å². The Labute approximate surface area is 105 Å². The summed E-state index contributed by atoms with van der Waals surface area (Å²) in [5.74, 6) is -0.719. The first-order chi connectivity index (χ1) is 8.52. The fourth-order valence-electron chi connectivity index (χ4n) is 1.50. The Morgan fingerprint density at radius 3 is 2.67 bits per heavy atom. The summed E-state index contributed by atoms with van der Waals surface area (Å²) in [5, 5.41) is 2.60. The van der Waals surface area contributed by atoms with Crippen molar-refractivity contribution in [1.29, 1.82) is 0 Å². The SMILES string of the molecule is COc1ccc(CCNC(=O)CC(C)=O)cc1F. The van der Waals surface area contributed by atoms with Gasteiger partial charge in [0.05, 0.1) is 13.5 Å². The third kappa shape index (κ3) is 4.53. The Morgan fingerprint density at radius 1 is 1.39 bits per heavy atom. The summed E-state index contributed by atoms with van der Waals surface area (Å²) in [6, 6.07) is 4.65. The van der Waals surface area contributed by atoms with E-state index in [1.807, 2.05) is 0 Å². The van der Waals surface area contributed by atoms with Gasteiger partial charge in [-0.25, -0.2) is 4.39 Å². The normalized spacial score (nSPS) is 9.94. The zero-order valence-electron chi connectivity index (χ0n) is 10.5. The van der Waals surface area contributed by atoms with Gasteiger partial charge in [0.15, 0.2) is 11.6 Å². The maximum absolute atomic E-state index is 13.4. The summed E-state index contributed by atoms with van der Waals surface area (Å²) in [4.78, 5) is 21.9. The number of ether oxygens (including phenoxy) is 1. The first kappa shape index (κ1) is 14.2. The van der Waals surface area contributed by atoms with Crippen LogP contribution in [0, 0.1) is 5.82 Å². The Bertz CT molecular complexity index is 446. The maximum Gasteiger partial charge on any atom is 0.227 e. The average molecular weight is 253 g/mol. The molecule has 18 heavy (non-hydrogen) atoms. The molecule has 0 saturated heterocycles. The van der Waals surface area contributed by atoms with Gasteiger partial charge in [-0.05, 0) is 31.0 Å². The first-order valence-corrected chi connectivity index (χ1v) is 5.61. The highest BCUT2D eigenvalue weighted by Crippen LogP contribution is 2.17. The van der Waals surface area contributed by atoms with Gasteiger partial charge in [0.2, 0.25) is 5.91 Å². The molecular weight excluding hydrogens is 237 g/mol. The van der Waals surface area contributed by atoms with Crippen LogP contribution in [0.4, 0.5) is 4.39 Å². The number of ketones is 1. The minimum Gasteiger partial charge on any atom is -0.494 e. The van der Waals surface area contributed by atoms with Crippen LogP contribution in [-0.4, -0.2) is 25.3 Å². The lowest BCUT2D eigenvalue weighted by Crippen LogP contribution is -2.27. The summed E-state index contributed by atoms with van der Waals surface area (Å²) in [6.45, 7) is 1.73. The van der Waals surface area contributed by atoms with Crippen LogP contribution in [0.3, 0.4) is 0 Å². The predicted octanol–water partition coefficient (Wildman–Crippen LogP) is 1.47. The molecule has 0 radical (unpaired) electrons. The van der Waals surface area contributed by atoms with Gasteiger partial charge in [0.25, 0.3) is 0 Å². The number of rotatable bonds is 6. The molecule has 0 aromatic heterocycles. The van der Waals surface area contributed by atoms with E-state index in [-0.39, 0.29) is 23.9 Å². The van der Waals surface area contributed by atoms with E-state index < -0.39 is 5.82 Å². The van der Waals surface area contributed by atoms with Crippen LogP contribution in [0.15, 0.2) is 18.2 Å². The molecule has 0 fully saturated rings. The van der Waals surface area contributed by atoms with E-state index in [0.717, 1.165) is 5.56 Å². The monoisotopic (exact) mass is 253 g/mol. The van der Waals surface area contributed by atoms with E-state index in [2.05, 4.69) is 5.32 Å². The van der Waals surface area contributed by atoms with Gasteiger partial charge in [-0.15, -0.1) is 0 Å². The van der Waals surface area contributed by atoms with Crippen LogP contribution in [-0.2, 0) is 16.0 Å². The van der Waals surface area contributed by atoms with Gasteiger partial charge >= 0.3 is 0 Å². The minimum atomic E-state index is -0.426. The van der Waals surface area contributed by atoms with E-state index in [9.17, 15) is 14.0 Å². The lowest BCUT2D eigenvalue weighted by molar-refractivity contribution is -0.127. The number of carbonyl (C=O) groups is 2. The molecule has 1 amide bonds. The molecule has 4 nitrogen and oxygen atoms in total. The molecule has 0 aliphatic rings. The van der Waals surface area contributed by atoms with Crippen molar-refractivity contribution in [2.45, 2.75) is 19.8 Å². The lowest BCUT2D eigenvalue weighted by Gasteiger charge is -2.06. The molecular formula is C13H16FNO3. The second-order valence-corrected chi connectivity index (χ2v) is 3.95. The van der Waals surface area contributed by atoms with Crippen molar-refractivity contribution in [3.8, 4) is 5.75 Å². The van der Waals surface area contributed by atoms with Gasteiger partial charge < -0.3 is 10.1 Å². The summed E-state index contributed by atoms with van der Waals surface area (Å²) in [5.41, 5.74) is 0.761. The Morgan fingerprint density at radius 2 is 2.11 bits per heavy atom. The summed E-state index contributed by atoms with van der Waals surface area (Å²) >= 11 is 0. The van der Waals surface area contributed by atoms with Gasteiger partial charge in [-0.1, -0.05) is 6.07 Å². The number of hydrogen-bond donors (Lipinski definition) is 1. The van der Waals surface area contributed by atoms with Gasteiger partial charge in [-0.3, -0.25) is 9.59 Å². The van der Waals surface area contributed by atoms with Crippen LogP contribution in [0.1, 0.15) is 18.9 Å². The third-order valence-electron chi connectivity index (χ3n) is 2.36. The predicted molar refractivity (Wildman–Crippen MR) is 65.0 cm³/mol. The van der Waals surface area contributed by atoms with Gasteiger partial charge in [-0.2, -0.15) is 0 Å². The second kappa shape index (κ2) is 6.74. The molecule has 0 saturated carbocycles. The van der Waals surface area contributed by atoms with E-state index >= 15 is 0 Å². The largest absolute Gasteiger partial charge is 0.494 e. The van der Waals surface area contributed by atoms with Crippen molar-refractivity contribution in [2.75, 3.05) is 13.7 Å². The summed E-state index contributed by atoms with van der Waals surface area (Å²) < 4.78 is 18.2. The highest BCUT2D eigenvalue weighted by Gasteiger charge is 2.06. The smallest absolute Gasteiger partial charge is 0.227 e. The standard InChI is InChI=1S/C13H16FNO3/c1-9(16)7-13(17)15-6-5-10-3-4-12(18-2)11(14)8-10/h3-4,8H,5-7H2,1-2H3,(H,15,17). The van der Waals surface area contributed by atoms with E-state index in [1.165, 1.54) is 20.1 Å². The van der Waals surface area contributed by atoms with Crippen LogP contribution < -0.4 is 10.1 Å². The highest BCUT2D eigenvalue weighted by molar-refractivity contribution is 5.96. The van der Waals surface area contributed by atoms with E-state index in [4.69, 9.17) is 4.74 Å². The zero-order chi connectivity index (χ0) is 13.5. The second-order valence-electron chi connectivity index (χ2n) is 3.95. The average Bonchev–Trinajstić information content (AvgIpc) is 2.28. The molecule has 0 aliphatic heterocycles. The highest BCUT2D eigenvalue weighted by atomic mass is 19.1. The van der Waals surface area contributed by atoms with Crippen molar-refractivity contribution in [3.05, 3.63) is 29.6 Å². The molecule has 0 spiro atoms. The summed E-state index contributed by atoms with van der Waals surface area (Å²) in [6.07, 6.45) is 0.390. The number of methoxy groups -OCH3 is 1. The minimum absolute atomic E-state index is 0.114. The quantitative estimate of drug-likeness (QED) is 0.781. The van der Waals surface area contributed by atoms with Gasteiger partial charge in [0.1, 0.15) is 5.78 Å². The van der Waals surface area contributed by atoms with Gasteiger partial charge in [0, 0.05) is 6.54 Å².